The highest BCUT2D eigenvalue weighted by Crippen LogP contribution is 2.48. The van der Waals surface area contributed by atoms with Crippen LogP contribution < -0.4 is 10.6 Å². The molecule has 122 valence electrons. The Morgan fingerprint density at radius 1 is 1.25 bits per heavy atom. The number of nitrogens with one attached hydrogen (secondary N) is 2. The molecule has 2 heterocycles. The number of aromatic nitrogens is 2. The number of furan rings is 1. The second kappa shape index (κ2) is 5.88. The molecular weight excluding hydrogens is 304 g/mol. The molecule has 1 fully saturated rings. The van der Waals surface area contributed by atoms with Gasteiger partial charge in [0.2, 0.25) is 5.91 Å². The SMILES string of the molecule is Cn1cc(Nc2cccc(NC(=O)[C@H]3C[C@H]3c3ccco3)c2)cn1. The molecule has 1 amide bonds. The first-order valence-electron chi connectivity index (χ1n) is 7.89. The van der Waals surface area contributed by atoms with Crippen LogP contribution in [0.3, 0.4) is 0 Å². The minimum atomic E-state index is -0.00825. The Bertz CT molecular complexity index is 854. The molecule has 4 rings (SSSR count). The molecule has 2 atom stereocenters. The molecule has 0 unspecified atom stereocenters. The number of aryl methyl sites for hydroxylation is 1. The molecule has 0 bridgehead atoms. The average molecular weight is 322 g/mol. The van der Waals surface area contributed by atoms with Crippen molar-refractivity contribution in [2.24, 2.45) is 13.0 Å². The summed E-state index contributed by atoms with van der Waals surface area (Å²) in [5.41, 5.74) is 2.58. The maximum atomic E-state index is 12.4. The zero-order chi connectivity index (χ0) is 16.5. The topological polar surface area (TPSA) is 72.1 Å². The third-order valence-corrected chi connectivity index (χ3v) is 4.16. The summed E-state index contributed by atoms with van der Waals surface area (Å²) in [5.74, 6) is 1.12. The minimum Gasteiger partial charge on any atom is -0.469 e. The van der Waals surface area contributed by atoms with Crippen molar-refractivity contribution in [1.82, 2.24) is 9.78 Å². The highest BCUT2D eigenvalue weighted by atomic mass is 16.3. The number of carbonyl (C=O) groups excluding carboxylic acids is 1. The summed E-state index contributed by atoms with van der Waals surface area (Å²) in [6.45, 7) is 0. The van der Waals surface area contributed by atoms with Crippen LogP contribution in [0.25, 0.3) is 0 Å². The summed E-state index contributed by atoms with van der Waals surface area (Å²) in [6.07, 6.45) is 6.13. The quantitative estimate of drug-likeness (QED) is 0.754. The lowest BCUT2D eigenvalue weighted by Crippen LogP contribution is -2.14. The van der Waals surface area contributed by atoms with E-state index in [1.165, 1.54) is 0 Å². The second-order valence-corrected chi connectivity index (χ2v) is 6.06. The van der Waals surface area contributed by atoms with Gasteiger partial charge in [-0.25, -0.2) is 0 Å². The van der Waals surface area contributed by atoms with Crippen LogP contribution in [0.5, 0.6) is 0 Å². The fourth-order valence-electron chi connectivity index (χ4n) is 2.86. The number of amides is 1. The van der Waals surface area contributed by atoms with E-state index in [0.29, 0.717) is 0 Å². The summed E-state index contributed by atoms with van der Waals surface area (Å²) < 4.78 is 7.11. The molecule has 24 heavy (non-hydrogen) atoms. The van der Waals surface area contributed by atoms with E-state index in [2.05, 4.69) is 15.7 Å². The van der Waals surface area contributed by atoms with Crippen LogP contribution in [0.15, 0.2) is 59.5 Å². The predicted octanol–water partition coefficient (Wildman–Crippen LogP) is 3.50. The molecule has 6 nitrogen and oxygen atoms in total. The normalized spacial score (nSPS) is 19.0. The number of nitrogens with zero attached hydrogens (tertiary/aromatic N) is 2. The van der Waals surface area contributed by atoms with E-state index in [9.17, 15) is 4.79 Å². The number of hydrogen-bond donors (Lipinski definition) is 2. The fourth-order valence-corrected chi connectivity index (χ4v) is 2.86. The van der Waals surface area contributed by atoms with Gasteiger partial charge >= 0.3 is 0 Å². The van der Waals surface area contributed by atoms with Crippen molar-refractivity contribution in [3.8, 4) is 0 Å². The first-order chi connectivity index (χ1) is 11.7. The Labute approximate surface area is 139 Å². The van der Waals surface area contributed by atoms with Gasteiger partial charge in [0.05, 0.1) is 18.1 Å². The lowest BCUT2D eigenvalue weighted by atomic mass is 10.2. The Hall–Kier alpha value is -3.02. The summed E-state index contributed by atoms with van der Waals surface area (Å²) in [5, 5.41) is 10.4. The van der Waals surface area contributed by atoms with Crippen LogP contribution in [0, 0.1) is 5.92 Å². The Morgan fingerprint density at radius 2 is 2.12 bits per heavy atom. The second-order valence-electron chi connectivity index (χ2n) is 6.06. The maximum absolute atomic E-state index is 12.4. The predicted molar refractivity (Wildman–Crippen MR) is 91.1 cm³/mol. The molecule has 0 spiro atoms. The summed E-state index contributed by atoms with van der Waals surface area (Å²) in [6, 6.07) is 11.4. The van der Waals surface area contributed by atoms with Gasteiger partial charge in [0.25, 0.3) is 0 Å². The highest BCUT2D eigenvalue weighted by molar-refractivity contribution is 5.95. The van der Waals surface area contributed by atoms with E-state index in [0.717, 1.165) is 29.2 Å². The first-order valence-corrected chi connectivity index (χ1v) is 7.89. The van der Waals surface area contributed by atoms with Gasteiger partial charge < -0.3 is 15.1 Å². The first kappa shape index (κ1) is 14.6. The van der Waals surface area contributed by atoms with E-state index in [4.69, 9.17) is 4.42 Å². The molecule has 0 aliphatic heterocycles. The van der Waals surface area contributed by atoms with Crippen LogP contribution in [-0.2, 0) is 11.8 Å². The van der Waals surface area contributed by atoms with Gasteiger partial charge in [-0.15, -0.1) is 0 Å². The summed E-state index contributed by atoms with van der Waals surface area (Å²) in [7, 11) is 1.87. The Balaban J connectivity index is 1.40. The smallest absolute Gasteiger partial charge is 0.228 e. The number of anilines is 3. The van der Waals surface area contributed by atoms with Crippen LogP contribution >= 0.6 is 0 Å². The molecule has 1 aliphatic rings. The zero-order valence-corrected chi connectivity index (χ0v) is 13.3. The lowest BCUT2D eigenvalue weighted by Gasteiger charge is -2.08. The minimum absolute atomic E-state index is 0.00825. The van der Waals surface area contributed by atoms with E-state index in [1.807, 2.05) is 49.6 Å². The molecular formula is C18H18N4O2. The van der Waals surface area contributed by atoms with E-state index in [-0.39, 0.29) is 17.7 Å². The molecule has 1 saturated carbocycles. The third-order valence-electron chi connectivity index (χ3n) is 4.16. The van der Waals surface area contributed by atoms with E-state index >= 15 is 0 Å². The van der Waals surface area contributed by atoms with Crippen molar-refractivity contribution in [3.63, 3.8) is 0 Å². The molecule has 2 N–H and O–H groups in total. The molecule has 0 saturated heterocycles. The fraction of sp³-hybridized carbons (Fsp3) is 0.222. The number of benzene rings is 1. The third kappa shape index (κ3) is 3.03. The number of hydrogen-bond acceptors (Lipinski definition) is 4. The van der Waals surface area contributed by atoms with Crippen LogP contribution in [0.1, 0.15) is 18.1 Å². The van der Waals surface area contributed by atoms with Crippen molar-refractivity contribution in [1.29, 1.82) is 0 Å². The van der Waals surface area contributed by atoms with Gasteiger partial charge in [0.1, 0.15) is 5.76 Å². The van der Waals surface area contributed by atoms with Crippen LogP contribution in [0.2, 0.25) is 0 Å². The molecule has 0 radical (unpaired) electrons. The maximum Gasteiger partial charge on any atom is 0.228 e. The molecule has 1 aliphatic carbocycles. The standard InChI is InChI=1S/C18H18N4O2/c1-22-11-14(10-19-22)20-12-4-2-5-13(8-12)21-18(23)16-9-15(16)17-6-3-7-24-17/h2-8,10-11,15-16,20H,9H2,1H3,(H,21,23)/t15-,16+/m1/s1. The van der Waals surface area contributed by atoms with E-state index < -0.39 is 0 Å². The van der Waals surface area contributed by atoms with Crippen molar-refractivity contribution < 1.29 is 9.21 Å². The highest BCUT2D eigenvalue weighted by Gasteiger charge is 2.45. The van der Waals surface area contributed by atoms with Crippen LogP contribution in [-0.4, -0.2) is 15.7 Å². The van der Waals surface area contributed by atoms with Gasteiger partial charge in [-0.1, -0.05) is 6.07 Å². The summed E-state index contributed by atoms with van der Waals surface area (Å²) in [4.78, 5) is 12.4. The molecule has 3 aromatic rings. The largest absolute Gasteiger partial charge is 0.469 e. The molecule has 6 heteroatoms. The van der Waals surface area contributed by atoms with Crippen molar-refractivity contribution in [2.75, 3.05) is 10.6 Å². The molecule has 2 aromatic heterocycles. The molecule has 1 aromatic carbocycles. The monoisotopic (exact) mass is 322 g/mol. The van der Waals surface area contributed by atoms with Gasteiger partial charge in [-0.2, -0.15) is 5.10 Å². The van der Waals surface area contributed by atoms with E-state index in [1.54, 1.807) is 17.1 Å². The van der Waals surface area contributed by atoms with Gasteiger partial charge in [0, 0.05) is 36.5 Å². The number of rotatable bonds is 5. The Morgan fingerprint density at radius 3 is 2.88 bits per heavy atom. The van der Waals surface area contributed by atoms with Crippen molar-refractivity contribution in [2.45, 2.75) is 12.3 Å². The van der Waals surface area contributed by atoms with Crippen LogP contribution in [0.4, 0.5) is 17.1 Å². The summed E-state index contributed by atoms with van der Waals surface area (Å²) >= 11 is 0. The zero-order valence-electron chi connectivity index (χ0n) is 13.3. The number of carbonyl (C=O) groups is 1. The van der Waals surface area contributed by atoms with Gasteiger partial charge in [-0.3, -0.25) is 9.48 Å². The average Bonchev–Trinajstić information content (AvgIpc) is 2.97. The van der Waals surface area contributed by atoms with Crippen molar-refractivity contribution >= 4 is 23.0 Å². The Kier molecular flexibility index (Phi) is 3.57. The van der Waals surface area contributed by atoms with Gasteiger partial charge in [-0.05, 0) is 36.8 Å². The van der Waals surface area contributed by atoms with Crippen molar-refractivity contribution in [3.05, 3.63) is 60.8 Å². The lowest BCUT2D eigenvalue weighted by molar-refractivity contribution is -0.117. The van der Waals surface area contributed by atoms with Gasteiger partial charge in [0.15, 0.2) is 0 Å².